The van der Waals surface area contributed by atoms with Crippen molar-refractivity contribution in [2.24, 2.45) is 0 Å². The Balaban J connectivity index is 1.58. The van der Waals surface area contributed by atoms with Crippen LogP contribution in [0.15, 0.2) is 65.1 Å². The summed E-state index contributed by atoms with van der Waals surface area (Å²) < 4.78 is 12.6. The summed E-state index contributed by atoms with van der Waals surface area (Å²) in [7, 11) is 1.65. The van der Waals surface area contributed by atoms with Crippen LogP contribution in [0.25, 0.3) is 22.4 Å². The number of H-pyrrole nitrogens is 1. The summed E-state index contributed by atoms with van der Waals surface area (Å²) in [4.78, 5) is 8.03. The number of aromatic amines is 1. The summed E-state index contributed by atoms with van der Waals surface area (Å²) >= 11 is 3.64. The van der Waals surface area contributed by atoms with Crippen LogP contribution in [-0.4, -0.2) is 17.1 Å². The quantitative estimate of drug-likeness (QED) is 0.350. The summed E-state index contributed by atoms with van der Waals surface area (Å²) in [5.74, 6) is 2.13. The van der Waals surface area contributed by atoms with Crippen molar-refractivity contribution in [3.05, 3.63) is 76.3 Å². The van der Waals surface area contributed by atoms with E-state index in [1.165, 1.54) is 5.56 Å². The molecule has 5 heteroatoms. The summed E-state index contributed by atoms with van der Waals surface area (Å²) in [6, 6.07) is 20.5. The topological polar surface area (TPSA) is 47.1 Å². The molecule has 0 spiro atoms. The van der Waals surface area contributed by atoms with Gasteiger partial charge in [0.1, 0.15) is 12.4 Å². The smallest absolute Gasteiger partial charge is 0.175 e. The van der Waals surface area contributed by atoms with Gasteiger partial charge in [0.15, 0.2) is 11.5 Å². The van der Waals surface area contributed by atoms with Gasteiger partial charge in [0.05, 0.1) is 22.6 Å². The van der Waals surface area contributed by atoms with Gasteiger partial charge in [-0.1, -0.05) is 57.2 Å². The van der Waals surface area contributed by atoms with E-state index in [1.54, 1.807) is 7.11 Å². The molecule has 30 heavy (non-hydrogen) atoms. The predicted octanol–water partition coefficient (Wildman–Crippen LogP) is 6.88. The molecule has 0 aliphatic carbocycles. The first kappa shape index (κ1) is 20.5. The van der Waals surface area contributed by atoms with Gasteiger partial charge in [-0.15, -0.1) is 0 Å². The van der Waals surface area contributed by atoms with Crippen LogP contribution in [-0.2, 0) is 12.0 Å². The second kappa shape index (κ2) is 8.15. The lowest BCUT2D eigenvalue weighted by Gasteiger charge is -2.19. The molecule has 0 bridgehead atoms. The number of ether oxygens (including phenoxy) is 2. The Labute approximate surface area is 185 Å². The molecule has 0 saturated heterocycles. The van der Waals surface area contributed by atoms with Crippen molar-refractivity contribution in [3.8, 4) is 22.9 Å². The number of nitrogens with zero attached hydrogens (tertiary/aromatic N) is 1. The number of nitrogens with one attached hydrogen (secondary N) is 1. The van der Waals surface area contributed by atoms with Crippen LogP contribution in [0.2, 0.25) is 0 Å². The molecule has 0 atom stereocenters. The maximum atomic E-state index is 6.12. The lowest BCUT2D eigenvalue weighted by Crippen LogP contribution is -2.10. The van der Waals surface area contributed by atoms with E-state index in [2.05, 4.69) is 70.9 Å². The van der Waals surface area contributed by atoms with Gasteiger partial charge in [0.25, 0.3) is 0 Å². The fourth-order valence-electron chi connectivity index (χ4n) is 3.34. The van der Waals surface area contributed by atoms with Gasteiger partial charge in [0, 0.05) is 5.56 Å². The van der Waals surface area contributed by atoms with Crippen molar-refractivity contribution in [3.63, 3.8) is 0 Å². The Hall–Kier alpha value is -2.79. The van der Waals surface area contributed by atoms with E-state index in [9.17, 15) is 0 Å². The van der Waals surface area contributed by atoms with Gasteiger partial charge in [-0.3, -0.25) is 0 Å². The first-order chi connectivity index (χ1) is 14.3. The van der Waals surface area contributed by atoms with Gasteiger partial charge >= 0.3 is 0 Å². The fourth-order valence-corrected chi connectivity index (χ4v) is 3.90. The Morgan fingerprint density at radius 1 is 1.00 bits per heavy atom. The van der Waals surface area contributed by atoms with Gasteiger partial charge < -0.3 is 14.5 Å². The second-order valence-electron chi connectivity index (χ2n) is 8.33. The molecule has 4 rings (SSSR count). The van der Waals surface area contributed by atoms with Crippen LogP contribution in [0, 0.1) is 0 Å². The van der Waals surface area contributed by atoms with Crippen LogP contribution >= 0.6 is 15.9 Å². The molecule has 0 aliphatic rings. The summed E-state index contributed by atoms with van der Waals surface area (Å²) in [6.07, 6.45) is 0. The van der Waals surface area contributed by atoms with Crippen molar-refractivity contribution in [2.75, 3.05) is 7.11 Å². The predicted molar refractivity (Wildman–Crippen MR) is 125 cm³/mol. The molecule has 0 amide bonds. The highest BCUT2D eigenvalue weighted by Gasteiger charge is 2.16. The standard InChI is InChI=1S/C25H25BrN2O2/c1-25(2,3)18-11-9-16(10-12-18)15-30-23-19(26)13-17(14-22(23)29-4)24-27-20-7-5-6-8-21(20)28-24/h5-14H,15H2,1-4H3,(H,27,28). The molecule has 0 unspecified atom stereocenters. The Morgan fingerprint density at radius 2 is 1.73 bits per heavy atom. The largest absolute Gasteiger partial charge is 0.493 e. The molecule has 0 saturated carbocycles. The van der Waals surface area contributed by atoms with Crippen molar-refractivity contribution < 1.29 is 9.47 Å². The number of benzene rings is 3. The number of para-hydroxylation sites is 2. The normalized spacial score (nSPS) is 11.6. The van der Waals surface area contributed by atoms with Gasteiger partial charge in [-0.25, -0.2) is 4.98 Å². The Kier molecular flexibility index (Phi) is 5.56. The average Bonchev–Trinajstić information content (AvgIpc) is 3.16. The average molecular weight is 465 g/mol. The number of hydrogen-bond acceptors (Lipinski definition) is 3. The third-order valence-corrected chi connectivity index (χ3v) is 5.68. The van der Waals surface area contributed by atoms with E-state index in [0.717, 1.165) is 32.5 Å². The zero-order valence-corrected chi connectivity index (χ0v) is 19.2. The van der Waals surface area contributed by atoms with Crippen molar-refractivity contribution in [1.29, 1.82) is 0 Å². The van der Waals surface area contributed by atoms with Crippen molar-refractivity contribution in [1.82, 2.24) is 9.97 Å². The highest BCUT2D eigenvalue weighted by atomic mass is 79.9. The van der Waals surface area contributed by atoms with Crippen LogP contribution in [0.1, 0.15) is 31.9 Å². The van der Waals surface area contributed by atoms with E-state index in [0.29, 0.717) is 18.1 Å². The van der Waals surface area contributed by atoms with Crippen LogP contribution in [0.4, 0.5) is 0 Å². The fraction of sp³-hybridized carbons (Fsp3) is 0.240. The highest BCUT2D eigenvalue weighted by molar-refractivity contribution is 9.10. The van der Waals surface area contributed by atoms with E-state index in [4.69, 9.17) is 9.47 Å². The number of hydrogen-bond donors (Lipinski definition) is 1. The van der Waals surface area contributed by atoms with E-state index < -0.39 is 0 Å². The number of imidazole rings is 1. The number of fused-ring (bicyclic) bond motifs is 1. The van der Waals surface area contributed by atoms with E-state index in [-0.39, 0.29) is 5.41 Å². The molecule has 0 radical (unpaired) electrons. The number of rotatable bonds is 5. The Morgan fingerprint density at radius 3 is 2.40 bits per heavy atom. The minimum Gasteiger partial charge on any atom is -0.493 e. The first-order valence-corrected chi connectivity index (χ1v) is 10.7. The molecule has 4 nitrogen and oxygen atoms in total. The third kappa shape index (κ3) is 4.21. The van der Waals surface area contributed by atoms with E-state index >= 15 is 0 Å². The number of aromatic nitrogens is 2. The summed E-state index contributed by atoms with van der Waals surface area (Å²) in [5, 5.41) is 0. The zero-order chi connectivity index (χ0) is 21.3. The number of halogens is 1. The minimum atomic E-state index is 0.137. The van der Waals surface area contributed by atoms with Crippen molar-refractivity contribution in [2.45, 2.75) is 32.8 Å². The van der Waals surface area contributed by atoms with E-state index in [1.807, 2.05) is 36.4 Å². The lowest BCUT2D eigenvalue weighted by atomic mass is 9.87. The Bertz CT molecular complexity index is 1140. The molecule has 0 aliphatic heterocycles. The monoisotopic (exact) mass is 464 g/mol. The van der Waals surface area contributed by atoms with Crippen LogP contribution in [0.5, 0.6) is 11.5 Å². The molecule has 1 N–H and O–H groups in total. The van der Waals surface area contributed by atoms with Gasteiger partial charge in [-0.2, -0.15) is 0 Å². The third-order valence-electron chi connectivity index (χ3n) is 5.10. The molecule has 4 aromatic rings. The SMILES string of the molecule is COc1cc(-c2nc3ccccc3[nH]2)cc(Br)c1OCc1ccc(C(C)(C)C)cc1. The van der Waals surface area contributed by atoms with Gasteiger partial charge in [0.2, 0.25) is 0 Å². The van der Waals surface area contributed by atoms with Crippen LogP contribution in [0.3, 0.4) is 0 Å². The molecular weight excluding hydrogens is 440 g/mol. The maximum Gasteiger partial charge on any atom is 0.175 e. The number of methoxy groups -OCH3 is 1. The minimum absolute atomic E-state index is 0.137. The molecule has 3 aromatic carbocycles. The van der Waals surface area contributed by atoms with Crippen LogP contribution < -0.4 is 9.47 Å². The maximum absolute atomic E-state index is 6.12. The molecule has 1 heterocycles. The lowest BCUT2D eigenvalue weighted by molar-refractivity contribution is 0.282. The molecule has 154 valence electrons. The highest BCUT2D eigenvalue weighted by Crippen LogP contribution is 2.40. The second-order valence-corrected chi connectivity index (χ2v) is 9.18. The molecule has 0 fully saturated rings. The zero-order valence-electron chi connectivity index (χ0n) is 17.6. The van der Waals surface area contributed by atoms with Gasteiger partial charge in [-0.05, 0) is 56.7 Å². The molecular formula is C25H25BrN2O2. The van der Waals surface area contributed by atoms with Crippen molar-refractivity contribution >= 4 is 27.0 Å². The summed E-state index contributed by atoms with van der Waals surface area (Å²) in [5.41, 5.74) is 5.41. The summed E-state index contributed by atoms with van der Waals surface area (Å²) in [6.45, 7) is 7.10. The molecule has 1 aromatic heterocycles. The first-order valence-electron chi connectivity index (χ1n) is 9.90.